The summed E-state index contributed by atoms with van der Waals surface area (Å²) in [5, 5.41) is 0. The third-order valence-electron chi connectivity index (χ3n) is 1.61. The van der Waals surface area contributed by atoms with E-state index >= 15 is 0 Å². The summed E-state index contributed by atoms with van der Waals surface area (Å²) in [4.78, 5) is -0.215. The number of benzene rings is 1. The third kappa shape index (κ3) is 2.50. The second-order valence-electron chi connectivity index (χ2n) is 2.52. The summed E-state index contributed by atoms with van der Waals surface area (Å²) < 4.78 is 42.2. The van der Waals surface area contributed by atoms with Crippen LogP contribution in [0, 0.1) is 0 Å². The fourth-order valence-corrected chi connectivity index (χ4v) is 1.82. The highest BCUT2D eigenvalue weighted by Gasteiger charge is 2.13. The first-order valence-electron chi connectivity index (χ1n) is 3.67. The maximum Gasteiger partial charge on any atom is 0.294 e. The molecule has 1 N–H and O–H groups in total. The van der Waals surface area contributed by atoms with Crippen molar-refractivity contribution in [3.8, 4) is 0 Å². The van der Waals surface area contributed by atoms with E-state index in [1.807, 2.05) is 0 Å². The molecule has 0 heterocycles. The number of rotatable bonds is 3. The van der Waals surface area contributed by atoms with E-state index in [0.29, 0.717) is 5.56 Å². The van der Waals surface area contributed by atoms with Crippen LogP contribution < -0.4 is 0 Å². The molecule has 0 aliphatic heterocycles. The highest BCUT2D eigenvalue weighted by Crippen LogP contribution is 2.15. The van der Waals surface area contributed by atoms with Crippen molar-refractivity contribution >= 4 is 10.1 Å². The number of hydrogen-bond acceptors (Lipinski definition) is 2. The van der Waals surface area contributed by atoms with Crippen molar-refractivity contribution in [2.24, 2.45) is 0 Å². The van der Waals surface area contributed by atoms with Gasteiger partial charge in [0.15, 0.2) is 0 Å². The lowest BCUT2D eigenvalue weighted by Gasteiger charge is -2.03. The second kappa shape index (κ2) is 3.85. The molecule has 0 spiro atoms. The first kappa shape index (κ1) is 10.1. The van der Waals surface area contributed by atoms with Crippen molar-refractivity contribution in [3.05, 3.63) is 29.8 Å². The van der Waals surface area contributed by atoms with Gasteiger partial charge in [-0.3, -0.25) is 8.94 Å². The molecule has 3 nitrogen and oxygen atoms in total. The van der Waals surface area contributed by atoms with Crippen LogP contribution >= 0.6 is 0 Å². The summed E-state index contributed by atoms with van der Waals surface area (Å²) >= 11 is 0. The lowest BCUT2D eigenvalue weighted by atomic mass is 10.2. The van der Waals surface area contributed by atoms with Crippen LogP contribution in [0.1, 0.15) is 5.56 Å². The van der Waals surface area contributed by atoms with E-state index in [1.165, 1.54) is 18.2 Å². The molecule has 0 unspecified atom stereocenters. The van der Waals surface area contributed by atoms with E-state index in [-0.39, 0.29) is 11.3 Å². The van der Waals surface area contributed by atoms with Crippen LogP contribution in [0.25, 0.3) is 0 Å². The Labute approximate surface area is 76.0 Å². The van der Waals surface area contributed by atoms with Crippen LogP contribution in [0.5, 0.6) is 0 Å². The van der Waals surface area contributed by atoms with Crippen LogP contribution in [0.2, 0.25) is 0 Å². The molecular formula is C8H9FO3S. The summed E-state index contributed by atoms with van der Waals surface area (Å²) in [6.07, 6.45) is -0.00400. The zero-order chi connectivity index (χ0) is 9.90. The van der Waals surface area contributed by atoms with Crippen LogP contribution in [0.3, 0.4) is 0 Å². The summed E-state index contributed by atoms with van der Waals surface area (Å²) in [6.45, 7) is -0.646. The Hall–Kier alpha value is -0.940. The predicted octanol–water partition coefficient (Wildman–Crippen LogP) is 1.45. The second-order valence-corrected chi connectivity index (χ2v) is 3.91. The molecule has 1 rings (SSSR count). The molecule has 1 aromatic carbocycles. The summed E-state index contributed by atoms with van der Waals surface area (Å²) in [6, 6.07) is 5.80. The molecule has 72 valence electrons. The number of alkyl halides is 1. The summed E-state index contributed by atoms with van der Waals surface area (Å²) in [5.41, 5.74) is 0.299. The fraction of sp³-hybridized carbons (Fsp3) is 0.250. The Bertz CT molecular complexity index is 386. The Morgan fingerprint density at radius 2 is 1.92 bits per heavy atom. The van der Waals surface area contributed by atoms with E-state index in [4.69, 9.17) is 4.55 Å². The van der Waals surface area contributed by atoms with Crippen LogP contribution in [-0.4, -0.2) is 19.6 Å². The van der Waals surface area contributed by atoms with E-state index < -0.39 is 16.8 Å². The third-order valence-corrected chi connectivity index (χ3v) is 2.57. The highest BCUT2D eigenvalue weighted by atomic mass is 32.2. The van der Waals surface area contributed by atoms with Crippen LogP contribution in [0.15, 0.2) is 29.2 Å². The first-order valence-corrected chi connectivity index (χ1v) is 5.11. The number of aryl methyl sites for hydroxylation is 1. The van der Waals surface area contributed by atoms with Crippen LogP contribution in [0.4, 0.5) is 4.39 Å². The quantitative estimate of drug-likeness (QED) is 0.758. The highest BCUT2D eigenvalue weighted by molar-refractivity contribution is 7.85. The molecule has 0 saturated carbocycles. The van der Waals surface area contributed by atoms with Gasteiger partial charge < -0.3 is 0 Å². The van der Waals surface area contributed by atoms with Gasteiger partial charge in [0.05, 0.1) is 11.6 Å². The maximum atomic E-state index is 12.0. The topological polar surface area (TPSA) is 54.4 Å². The van der Waals surface area contributed by atoms with Gasteiger partial charge in [-0.15, -0.1) is 0 Å². The zero-order valence-corrected chi connectivity index (χ0v) is 7.59. The van der Waals surface area contributed by atoms with Gasteiger partial charge in [0, 0.05) is 6.42 Å². The van der Waals surface area contributed by atoms with E-state index in [2.05, 4.69) is 0 Å². The smallest absolute Gasteiger partial charge is 0.282 e. The molecule has 0 fully saturated rings. The molecule has 0 atom stereocenters. The minimum Gasteiger partial charge on any atom is -0.282 e. The number of hydrogen-bond donors (Lipinski definition) is 1. The Morgan fingerprint density at radius 1 is 1.31 bits per heavy atom. The van der Waals surface area contributed by atoms with E-state index in [9.17, 15) is 12.8 Å². The standard InChI is InChI=1S/C8H9FO3S/c9-6-5-7-3-1-2-4-8(7)13(10,11)12/h1-4H,5-6H2,(H,10,11,12). The van der Waals surface area contributed by atoms with Crippen molar-refractivity contribution < 1.29 is 17.4 Å². The molecule has 5 heteroatoms. The average molecular weight is 204 g/mol. The SMILES string of the molecule is O=S(=O)(O)c1ccccc1CCF. The Balaban J connectivity index is 3.20. The van der Waals surface area contributed by atoms with Gasteiger partial charge in [-0.2, -0.15) is 8.42 Å². The van der Waals surface area contributed by atoms with Gasteiger partial charge in [-0.25, -0.2) is 0 Å². The largest absolute Gasteiger partial charge is 0.294 e. The molecule has 0 aromatic heterocycles. The molecule has 1 aromatic rings. The van der Waals surface area contributed by atoms with Gasteiger partial charge in [-0.1, -0.05) is 18.2 Å². The van der Waals surface area contributed by atoms with Gasteiger partial charge in [0.25, 0.3) is 10.1 Å². The molecule has 0 radical (unpaired) electrons. The van der Waals surface area contributed by atoms with Crippen LogP contribution in [-0.2, 0) is 16.5 Å². The Morgan fingerprint density at radius 3 is 2.46 bits per heavy atom. The van der Waals surface area contributed by atoms with Gasteiger partial charge >= 0.3 is 0 Å². The van der Waals surface area contributed by atoms with Gasteiger partial charge in [-0.05, 0) is 11.6 Å². The van der Waals surface area contributed by atoms with E-state index in [1.54, 1.807) is 6.07 Å². The molecule has 13 heavy (non-hydrogen) atoms. The lowest BCUT2D eigenvalue weighted by Crippen LogP contribution is -2.03. The fourth-order valence-electron chi connectivity index (χ4n) is 1.06. The molecule has 0 aliphatic rings. The van der Waals surface area contributed by atoms with Crippen molar-refractivity contribution in [1.29, 1.82) is 0 Å². The predicted molar refractivity (Wildman–Crippen MR) is 45.9 cm³/mol. The molecule has 0 aliphatic carbocycles. The zero-order valence-electron chi connectivity index (χ0n) is 6.77. The molecule has 0 bridgehead atoms. The maximum absolute atomic E-state index is 12.0. The molecular weight excluding hydrogens is 195 g/mol. The van der Waals surface area contributed by atoms with E-state index in [0.717, 1.165) is 0 Å². The minimum atomic E-state index is -4.22. The minimum absolute atomic E-state index is 0.00400. The lowest BCUT2D eigenvalue weighted by molar-refractivity contribution is 0.476. The Kier molecular flexibility index (Phi) is 3.00. The summed E-state index contributed by atoms with van der Waals surface area (Å²) in [7, 11) is -4.22. The average Bonchev–Trinajstić information content (AvgIpc) is 2.04. The normalized spacial score (nSPS) is 11.5. The summed E-state index contributed by atoms with van der Waals surface area (Å²) in [5.74, 6) is 0. The van der Waals surface area contributed by atoms with Crippen molar-refractivity contribution in [1.82, 2.24) is 0 Å². The number of halogens is 1. The van der Waals surface area contributed by atoms with Crippen molar-refractivity contribution in [2.45, 2.75) is 11.3 Å². The van der Waals surface area contributed by atoms with Crippen molar-refractivity contribution in [3.63, 3.8) is 0 Å². The van der Waals surface area contributed by atoms with Crippen molar-refractivity contribution in [2.75, 3.05) is 6.67 Å². The molecule has 0 amide bonds. The van der Waals surface area contributed by atoms with Gasteiger partial charge in [0.1, 0.15) is 0 Å². The van der Waals surface area contributed by atoms with Gasteiger partial charge in [0.2, 0.25) is 0 Å². The molecule has 0 saturated heterocycles. The first-order chi connectivity index (χ1) is 6.05. The monoisotopic (exact) mass is 204 g/mol.